The zero-order valence-corrected chi connectivity index (χ0v) is 34.1. The number of carbonyl (C=O) groups is 1. The van der Waals surface area contributed by atoms with Crippen molar-refractivity contribution in [1.29, 1.82) is 26.3 Å². The SMILES string of the molecule is N#Cc1cccc(-n2cnc(N)n2)c1.N#Cc1cccc(-n2cnc(NC(=O)[C@@]3(F)CCCN(C#N)C3)n2)c1.N#Cc1cccc(-n2cnc([N+](=O)[O-])n2)c1.N#Cc1cccc(B(O)O)c1. The Kier molecular flexibility index (Phi) is 15.9. The van der Waals surface area contributed by atoms with E-state index in [0.717, 1.165) is 5.69 Å². The van der Waals surface area contributed by atoms with Crippen LogP contribution in [0, 0.1) is 66.9 Å². The molecule has 8 rings (SSSR count). The number of alkyl halides is 1. The summed E-state index contributed by atoms with van der Waals surface area (Å²) in [5.41, 5.74) is 7.40. The van der Waals surface area contributed by atoms with Gasteiger partial charge < -0.3 is 30.8 Å². The summed E-state index contributed by atoms with van der Waals surface area (Å²) < 4.78 is 19.0. The first-order chi connectivity index (χ1) is 31.8. The lowest BCUT2D eigenvalue weighted by atomic mass is 9.80. The van der Waals surface area contributed by atoms with Gasteiger partial charge in [-0.25, -0.2) is 18.7 Å². The van der Waals surface area contributed by atoms with Crippen molar-refractivity contribution in [3.63, 3.8) is 0 Å². The summed E-state index contributed by atoms with van der Waals surface area (Å²) in [5, 5.41) is 85.4. The highest BCUT2D eigenvalue weighted by molar-refractivity contribution is 6.58. The summed E-state index contributed by atoms with van der Waals surface area (Å²) in [6, 6.07) is 34.4. The predicted molar refractivity (Wildman–Crippen MR) is 229 cm³/mol. The molecule has 0 unspecified atom stereocenters. The fourth-order valence-electron chi connectivity index (χ4n) is 5.73. The number of aromatic nitrogens is 9. The van der Waals surface area contributed by atoms with Gasteiger partial charge in [0.2, 0.25) is 23.9 Å². The van der Waals surface area contributed by atoms with Crippen LogP contribution in [0.2, 0.25) is 0 Å². The largest absolute Gasteiger partial charge is 0.491 e. The van der Waals surface area contributed by atoms with Crippen LogP contribution in [0.25, 0.3) is 17.1 Å². The Morgan fingerprint density at radius 2 is 1.23 bits per heavy atom. The number of nitrogens with zero attached hydrogens (tertiary/aromatic N) is 16. The molecule has 1 aliphatic rings. The van der Waals surface area contributed by atoms with Gasteiger partial charge in [0, 0.05) is 11.6 Å². The molecule has 0 aliphatic carbocycles. The lowest BCUT2D eigenvalue weighted by Gasteiger charge is -2.32. The van der Waals surface area contributed by atoms with E-state index in [-0.39, 0.29) is 24.9 Å². The molecule has 7 aromatic rings. The van der Waals surface area contributed by atoms with Crippen molar-refractivity contribution in [3.05, 3.63) is 148 Å². The first-order valence-electron chi connectivity index (χ1n) is 19.0. The minimum absolute atomic E-state index is 0.0431. The maximum atomic E-state index is 14.8. The Morgan fingerprint density at radius 3 is 1.70 bits per heavy atom. The van der Waals surface area contributed by atoms with Gasteiger partial charge in [0.1, 0.15) is 12.7 Å². The Balaban J connectivity index is 0.000000173. The van der Waals surface area contributed by atoms with Crippen LogP contribution < -0.4 is 16.5 Å². The van der Waals surface area contributed by atoms with Crippen molar-refractivity contribution < 1.29 is 24.2 Å². The first-order valence-corrected chi connectivity index (χ1v) is 19.0. The van der Waals surface area contributed by atoms with Gasteiger partial charge in [0.15, 0.2) is 6.19 Å². The van der Waals surface area contributed by atoms with E-state index in [4.69, 9.17) is 42.1 Å². The van der Waals surface area contributed by atoms with Crippen molar-refractivity contribution in [3.8, 4) is 47.5 Å². The Hall–Kier alpha value is -9.87. The fourth-order valence-corrected chi connectivity index (χ4v) is 5.73. The number of hydrogen-bond acceptors (Lipinski definition) is 18. The van der Waals surface area contributed by atoms with Crippen LogP contribution in [0.1, 0.15) is 35.1 Å². The number of carbonyl (C=O) groups excluding carboxylic acids is 1. The number of piperidine rings is 1. The topological polar surface area (TPSA) is 353 Å². The second-order valence-corrected chi connectivity index (χ2v) is 13.4. The minimum atomic E-state index is -2.15. The average Bonchev–Trinajstić information content (AvgIpc) is 4.15. The van der Waals surface area contributed by atoms with E-state index < -0.39 is 29.6 Å². The van der Waals surface area contributed by atoms with Gasteiger partial charge in [0.25, 0.3) is 5.91 Å². The Bertz CT molecular complexity index is 3050. The van der Waals surface area contributed by atoms with Crippen LogP contribution in [0.5, 0.6) is 0 Å². The summed E-state index contributed by atoms with van der Waals surface area (Å²) in [6.45, 7) is 0.165. The monoisotopic (exact) mass is 886 g/mol. The third kappa shape index (κ3) is 12.8. The molecule has 1 amide bonds. The Labute approximate surface area is 373 Å². The van der Waals surface area contributed by atoms with Gasteiger partial charge in [-0.1, -0.05) is 35.3 Å². The third-order valence-corrected chi connectivity index (χ3v) is 8.89. The molecule has 66 heavy (non-hydrogen) atoms. The molecule has 326 valence electrons. The van der Waals surface area contributed by atoms with Crippen molar-refractivity contribution in [2.24, 2.45) is 0 Å². The van der Waals surface area contributed by atoms with E-state index >= 15 is 0 Å². The molecule has 25 heteroatoms. The number of nitriles is 5. The molecule has 0 radical (unpaired) electrons. The zero-order chi connectivity index (χ0) is 47.6. The highest BCUT2D eigenvalue weighted by Crippen LogP contribution is 2.26. The fraction of sp³-hybridized carbons (Fsp3) is 0.122. The summed E-state index contributed by atoms with van der Waals surface area (Å²) in [4.78, 5) is 34.4. The van der Waals surface area contributed by atoms with Crippen molar-refractivity contribution in [1.82, 2.24) is 49.2 Å². The predicted octanol–water partition coefficient (Wildman–Crippen LogP) is 2.37. The molecule has 0 saturated carbocycles. The second-order valence-electron chi connectivity index (χ2n) is 13.4. The summed E-state index contributed by atoms with van der Waals surface area (Å²) in [7, 11) is -1.50. The number of hydrogen-bond donors (Lipinski definition) is 4. The number of halogens is 1. The van der Waals surface area contributed by atoms with Crippen molar-refractivity contribution in [2.75, 3.05) is 24.1 Å². The maximum Gasteiger partial charge on any atom is 0.491 e. The minimum Gasteiger partial charge on any atom is -0.423 e. The van der Waals surface area contributed by atoms with E-state index in [1.54, 1.807) is 84.9 Å². The molecule has 1 saturated heterocycles. The van der Waals surface area contributed by atoms with Crippen LogP contribution in [0.4, 0.5) is 22.2 Å². The third-order valence-electron chi connectivity index (χ3n) is 8.89. The van der Waals surface area contributed by atoms with Gasteiger partial charge in [-0.05, 0) is 90.0 Å². The standard InChI is InChI=1S/C16H14FN7O.C9H5N5O2.C9H7N5.C7H6BNO2/c17-16(5-2-6-23(9-16)10-19)14(25)21-15-20-11-24(22-15)13-4-1-3-12(7-13)8-18;10-5-7-2-1-3-8(4-7)13-6-11-9(12-13)14(15)16;10-5-7-2-1-3-8(4-7)14-6-12-9(11)13-14;9-5-6-2-1-3-7(4-6)8(10)11/h1,3-4,7,11H,2,5-6,9H2,(H,21,22,25);1-4,6H;1-4,6H,(H2,11,13);1-4,10-11H/t16-;;;/m1.../s1. The molecule has 1 aliphatic heterocycles. The molecule has 1 fully saturated rings. The number of anilines is 2. The molecular formula is C41H32BFN18O5. The van der Waals surface area contributed by atoms with Gasteiger partial charge in [-0.2, -0.15) is 31.3 Å². The molecule has 0 spiro atoms. The summed E-state index contributed by atoms with van der Waals surface area (Å²) >= 11 is 0. The number of nitrogens with two attached hydrogens (primary N) is 1. The lowest BCUT2D eigenvalue weighted by Crippen LogP contribution is -2.51. The van der Waals surface area contributed by atoms with Crippen LogP contribution in [-0.2, 0) is 4.79 Å². The summed E-state index contributed by atoms with van der Waals surface area (Å²) in [5.74, 6) is -1.16. The van der Waals surface area contributed by atoms with Gasteiger partial charge >= 0.3 is 13.1 Å². The lowest BCUT2D eigenvalue weighted by molar-refractivity contribution is -0.394. The number of nitrogens with one attached hydrogen (secondary N) is 1. The van der Waals surface area contributed by atoms with E-state index in [1.165, 1.54) is 44.0 Å². The molecule has 0 bridgehead atoms. The zero-order valence-electron chi connectivity index (χ0n) is 34.1. The van der Waals surface area contributed by atoms with Crippen molar-refractivity contribution >= 4 is 36.3 Å². The number of rotatable bonds is 7. The summed E-state index contributed by atoms with van der Waals surface area (Å²) in [6.07, 6.45) is 6.42. The van der Waals surface area contributed by atoms with Crippen LogP contribution in [-0.4, -0.2) is 95.9 Å². The molecule has 4 heterocycles. The van der Waals surface area contributed by atoms with Gasteiger partial charge in [0.05, 0.1) is 70.1 Å². The van der Waals surface area contributed by atoms with Crippen LogP contribution in [0.15, 0.2) is 116 Å². The van der Waals surface area contributed by atoms with Crippen LogP contribution in [0.3, 0.4) is 0 Å². The first kappa shape index (κ1) is 47.2. The molecule has 23 nitrogen and oxygen atoms in total. The van der Waals surface area contributed by atoms with E-state index in [1.807, 2.05) is 30.5 Å². The molecular weight excluding hydrogens is 854 g/mol. The number of benzene rings is 4. The van der Waals surface area contributed by atoms with Crippen LogP contribution >= 0.6 is 0 Å². The number of nitro groups is 1. The van der Waals surface area contributed by atoms with E-state index in [0.29, 0.717) is 52.1 Å². The van der Waals surface area contributed by atoms with Crippen molar-refractivity contribution in [2.45, 2.75) is 18.5 Å². The smallest absolute Gasteiger partial charge is 0.423 e. The second kappa shape index (κ2) is 22.3. The highest BCUT2D eigenvalue weighted by Gasteiger charge is 2.43. The van der Waals surface area contributed by atoms with E-state index in [9.17, 15) is 19.3 Å². The highest BCUT2D eigenvalue weighted by atomic mass is 19.1. The number of nitrogen functional groups attached to an aromatic ring is 1. The Morgan fingerprint density at radius 1 is 0.742 bits per heavy atom. The molecule has 4 aromatic carbocycles. The number of likely N-dealkylation sites (tertiary alicyclic amines) is 1. The quantitative estimate of drug-likeness (QED) is 0.0772. The maximum absolute atomic E-state index is 14.8. The molecule has 1 atom stereocenters. The van der Waals surface area contributed by atoms with E-state index in [2.05, 4.69) is 41.6 Å². The molecule has 3 aromatic heterocycles. The number of amides is 1. The normalized spacial score (nSPS) is 13.3. The van der Waals surface area contributed by atoms with Gasteiger partial charge in [-0.15, -0.1) is 14.9 Å². The van der Waals surface area contributed by atoms with Gasteiger partial charge in [-0.3, -0.25) is 10.1 Å². The molecule has 5 N–H and O–H groups in total. The average molecular weight is 887 g/mol.